The van der Waals surface area contributed by atoms with Crippen molar-refractivity contribution in [2.45, 2.75) is 69.4 Å². The molecule has 0 spiro atoms. The number of aromatic amines is 1. The molecule has 0 amide bonds. The number of nitrogens with one attached hydrogen (secondary N) is 1. The van der Waals surface area contributed by atoms with Crippen LogP contribution >= 0.6 is 0 Å². The van der Waals surface area contributed by atoms with Gasteiger partial charge in [-0.05, 0) is 13.8 Å². The molecule has 3 rings (SSSR count). The molecule has 2 aliphatic rings. The second-order valence-electron chi connectivity index (χ2n) is 6.93. The number of ether oxygens (including phenoxy) is 3. The number of hydrogen-bond acceptors (Lipinski definition) is 9. The minimum absolute atomic E-state index is 0.102. The van der Waals surface area contributed by atoms with Gasteiger partial charge in [0.15, 0.2) is 6.29 Å². The Bertz CT molecular complexity index is 778. The van der Waals surface area contributed by atoms with Gasteiger partial charge in [0.1, 0.15) is 30.6 Å². The van der Waals surface area contributed by atoms with Crippen LogP contribution in [0, 0.1) is 6.92 Å². The average Bonchev–Trinajstić information content (AvgIpc) is 2.98. The van der Waals surface area contributed by atoms with Gasteiger partial charge in [0.25, 0.3) is 5.56 Å². The van der Waals surface area contributed by atoms with Gasteiger partial charge in [0, 0.05) is 18.2 Å². The van der Waals surface area contributed by atoms with E-state index in [0.29, 0.717) is 5.56 Å². The molecule has 2 aliphatic heterocycles. The Morgan fingerprint density at radius 1 is 1.19 bits per heavy atom. The van der Waals surface area contributed by atoms with E-state index in [2.05, 4.69) is 4.98 Å². The summed E-state index contributed by atoms with van der Waals surface area (Å²) in [5.74, 6) is 0. The van der Waals surface area contributed by atoms with Crippen molar-refractivity contribution in [3.05, 3.63) is 32.6 Å². The predicted octanol–water partition coefficient (Wildman–Crippen LogP) is -2.66. The van der Waals surface area contributed by atoms with Crippen LogP contribution in [0.1, 0.15) is 25.1 Å². The standard InChI is InChI=1S/C16H24N2O9/c1-6-4-18(16(24)17-14(6)23)10-3-8(19)9(27-10)5-25-15-13(22)12(21)11(20)7(2)26-15/h4,7-13,15,19-22H,3,5H2,1-2H3,(H,17,23,24)/t7-,8?,9-,10-,11-,12+,13-,15-/m1/s1. The highest BCUT2D eigenvalue weighted by Crippen LogP contribution is 2.29. The van der Waals surface area contributed by atoms with Gasteiger partial charge in [0.2, 0.25) is 0 Å². The largest absolute Gasteiger partial charge is 0.390 e. The van der Waals surface area contributed by atoms with E-state index in [9.17, 15) is 30.0 Å². The molecular weight excluding hydrogens is 364 g/mol. The number of aliphatic hydroxyl groups is 4. The maximum Gasteiger partial charge on any atom is 0.330 e. The molecule has 152 valence electrons. The van der Waals surface area contributed by atoms with E-state index in [1.54, 1.807) is 6.92 Å². The van der Waals surface area contributed by atoms with E-state index in [-0.39, 0.29) is 13.0 Å². The van der Waals surface area contributed by atoms with Gasteiger partial charge < -0.3 is 34.6 Å². The normalized spacial score (nSPS) is 39.6. The number of rotatable bonds is 4. The summed E-state index contributed by atoms with van der Waals surface area (Å²) in [5, 5.41) is 39.6. The lowest BCUT2D eigenvalue weighted by molar-refractivity contribution is -0.298. The lowest BCUT2D eigenvalue weighted by Crippen LogP contribution is -2.57. The van der Waals surface area contributed by atoms with Gasteiger partial charge in [-0.1, -0.05) is 0 Å². The number of aromatic nitrogens is 2. The molecule has 8 atom stereocenters. The van der Waals surface area contributed by atoms with Crippen LogP contribution in [0.2, 0.25) is 0 Å². The lowest BCUT2D eigenvalue weighted by Gasteiger charge is -2.39. The molecule has 27 heavy (non-hydrogen) atoms. The lowest BCUT2D eigenvalue weighted by atomic mass is 10.00. The third kappa shape index (κ3) is 3.99. The van der Waals surface area contributed by atoms with Crippen LogP contribution in [0.4, 0.5) is 0 Å². The molecule has 2 saturated heterocycles. The van der Waals surface area contributed by atoms with Crippen molar-refractivity contribution in [3.63, 3.8) is 0 Å². The molecular formula is C16H24N2O9. The van der Waals surface area contributed by atoms with E-state index in [0.717, 1.165) is 0 Å². The highest BCUT2D eigenvalue weighted by molar-refractivity contribution is 5.02. The van der Waals surface area contributed by atoms with Crippen molar-refractivity contribution in [1.82, 2.24) is 9.55 Å². The average molecular weight is 388 g/mol. The first-order valence-corrected chi connectivity index (χ1v) is 8.66. The SMILES string of the molecule is Cc1cn([C@H]2CC(O)[C@@H](CO[C@@H]3O[C@H](C)[C@@H](O)[C@H](O)[C@H]3O)O2)c(=O)[nH]c1=O. The molecule has 5 N–H and O–H groups in total. The molecule has 3 heterocycles. The van der Waals surface area contributed by atoms with Gasteiger partial charge in [-0.2, -0.15) is 0 Å². The zero-order valence-corrected chi connectivity index (χ0v) is 14.9. The van der Waals surface area contributed by atoms with E-state index in [1.807, 2.05) is 0 Å². The van der Waals surface area contributed by atoms with Gasteiger partial charge in [-0.15, -0.1) is 0 Å². The fourth-order valence-electron chi connectivity index (χ4n) is 3.18. The molecule has 0 radical (unpaired) electrons. The van der Waals surface area contributed by atoms with Crippen molar-refractivity contribution >= 4 is 0 Å². The summed E-state index contributed by atoms with van der Waals surface area (Å²) in [6, 6.07) is 0. The van der Waals surface area contributed by atoms with Crippen molar-refractivity contribution in [1.29, 1.82) is 0 Å². The zero-order valence-electron chi connectivity index (χ0n) is 14.9. The second-order valence-corrected chi connectivity index (χ2v) is 6.93. The van der Waals surface area contributed by atoms with E-state index < -0.39 is 60.4 Å². The van der Waals surface area contributed by atoms with Crippen LogP contribution in [0.3, 0.4) is 0 Å². The maximum absolute atomic E-state index is 12.0. The van der Waals surface area contributed by atoms with Crippen molar-refractivity contribution in [2.24, 2.45) is 0 Å². The number of aliphatic hydroxyl groups excluding tert-OH is 4. The smallest absolute Gasteiger partial charge is 0.330 e. The van der Waals surface area contributed by atoms with Crippen molar-refractivity contribution < 1.29 is 34.6 Å². The van der Waals surface area contributed by atoms with E-state index in [4.69, 9.17) is 14.2 Å². The second kappa shape index (κ2) is 7.80. The molecule has 1 unspecified atom stereocenters. The number of nitrogens with zero attached hydrogens (tertiary/aromatic N) is 1. The summed E-state index contributed by atoms with van der Waals surface area (Å²) in [6.45, 7) is 2.90. The Hall–Kier alpha value is -1.60. The Labute approximate surface area is 153 Å². The molecule has 2 fully saturated rings. The summed E-state index contributed by atoms with van der Waals surface area (Å²) < 4.78 is 17.6. The molecule has 1 aromatic heterocycles. The van der Waals surface area contributed by atoms with Crippen molar-refractivity contribution in [3.8, 4) is 0 Å². The summed E-state index contributed by atoms with van der Waals surface area (Å²) in [4.78, 5) is 25.6. The Morgan fingerprint density at radius 3 is 2.59 bits per heavy atom. The zero-order chi connectivity index (χ0) is 19.9. The fourth-order valence-corrected chi connectivity index (χ4v) is 3.18. The minimum atomic E-state index is -1.46. The van der Waals surface area contributed by atoms with Gasteiger partial charge in [0.05, 0.1) is 18.8 Å². The van der Waals surface area contributed by atoms with Crippen LogP contribution in [-0.2, 0) is 14.2 Å². The van der Waals surface area contributed by atoms with Crippen LogP contribution < -0.4 is 11.2 Å². The molecule has 0 bridgehead atoms. The van der Waals surface area contributed by atoms with Crippen LogP contribution in [-0.4, -0.2) is 79.5 Å². The molecule has 1 aromatic rings. The minimum Gasteiger partial charge on any atom is -0.390 e. The summed E-state index contributed by atoms with van der Waals surface area (Å²) >= 11 is 0. The topological polar surface area (TPSA) is 163 Å². The van der Waals surface area contributed by atoms with Gasteiger partial charge in [-0.3, -0.25) is 14.3 Å². The first-order chi connectivity index (χ1) is 12.7. The molecule has 0 saturated carbocycles. The van der Waals surface area contributed by atoms with Crippen LogP contribution in [0.5, 0.6) is 0 Å². The Kier molecular flexibility index (Phi) is 5.82. The monoisotopic (exact) mass is 388 g/mol. The first-order valence-electron chi connectivity index (χ1n) is 8.66. The number of H-pyrrole nitrogens is 1. The van der Waals surface area contributed by atoms with Gasteiger partial charge in [-0.25, -0.2) is 4.79 Å². The number of hydrogen-bond donors (Lipinski definition) is 5. The maximum atomic E-state index is 12.0. The first kappa shape index (κ1) is 20.1. The highest BCUT2D eigenvalue weighted by atomic mass is 16.7. The summed E-state index contributed by atoms with van der Waals surface area (Å²) in [6.07, 6.45) is -7.19. The quantitative estimate of drug-likeness (QED) is 0.370. The summed E-state index contributed by atoms with van der Waals surface area (Å²) in [7, 11) is 0. The predicted molar refractivity (Wildman–Crippen MR) is 88.9 cm³/mol. The molecule has 0 aliphatic carbocycles. The van der Waals surface area contributed by atoms with Crippen molar-refractivity contribution in [2.75, 3.05) is 6.61 Å². The molecule has 0 aromatic carbocycles. The van der Waals surface area contributed by atoms with Crippen LogP contribution in [0.15, 0.2) is 15.8 Å². The summed E-state index contributed by atoms with van der Waals surface area (Å²) in [5.41, 5.74) is -0.818. The van der Waals surface area contributed by atoms with E-state index in [1.165, 1.54) is 17.7 Å². The third-order valence-electron chi connectivity index (χ3n) is 4.89. The number of aryl methyl sites for hydroxylation is 1. The van der Waals surface area contributed by atoms with Gasteiger partial charge >= 0.3 is 5.69 Å². The molecule has 11 heteroatoms. The Morgan fingerprint density at radius 2 is 1.89 bits per heavy atom. The third-order valence-corrected chi connectivity index (χ3v) is 4.89. The fraction of sp³-hybridized carbons (Fsp3) is 0.750. The molecule has 11 nitrogen and oxygen atoms in total. The highest BCUT2D eigenvalue weighted by Gasteiger charge is 2.43. The van der Waals surface area contributed by atoms with E-state index >= 15 is 0 Å². The van der Waals surface area contributed by atoms with Crippen LogP contribution in [0.25, 0.3) is 0 Å². The Balaban J connectivity index is 1.63.